The number of nitrogens with one attached hydrogen (secondary N) is 2. The lowest BCUT2D eigenvalue weighted by molar-refractivity contribution is -0.122. The van der Waals surface area contributed by atoms with Crippen LogP contribution in [-0.4, -0.2) is 51.9 Å². The van der Waals surface area contributed by atoms with Gasteiger partial charge in [0, 0.05) is 19.3 Å². The first kappa shape index (κ1) is 15.1. The van der Waals surface area contributed by atoms with Crippen molar-refractivity contribution >= 4 is 17.6 Å². The van der Waals surface area contributed by atoms with Crippen molar-refractivity contribution in [1.82, 2.24) is 10.6 Å². The molecule has 2 rings (SSSR count). The molecule has 0 aromatic heterocycles. The van der Waals surface area contributed by atoms with E-state index < -0.39 is 6.04 Å². The molecule has 1 heterocycles. The van der Waals surface area contributed by atoms with Crippen LogP contribution in [0.3, 0.4) is 0 Å². The molecule has 3 amide bonds. The second kappa shape index (κ2) is 6.94. The molecule has 21 heavy (non-hydrogen) atoms. The first-order chi connectivity index (χ1) is 10.2. The van der Waals surface area contributed by atoms with Crippen molar-refractivity contribution in [3.8, 4) is 5.75 Å². The van der Waals surface area contributed by atoms with E-state index in [-0.39, 0.29) is 11.9 Å². The number of carbonyl (C=O) groups is 2. The van der Waals surface area contributed by atoms with Gasteiger partial charge in [0.15, 0.2) is 0 Å². The second-order valence-corrected chi connectivity index (χ2v) is 4.59. The zero-order chi connectivity index (χ0) is 15.2. The maximum Gasteiger partial charge on any atom is 0.322 e. The molecule has 0 saturated carbocycles. The summed E-state index contributed by atoms with van der Waals surface area (Å²) in [5.74, 6) is 0.503. The number of nitrogens with zero attached hydrogens (tertiary/aromatic N) is 1. The number of hydrogen-bond donors (Lipinski definition) is 2. The van der Waals surface area contributed by atoms with Gasteiger partial charge in [0.05, 0.1) is 20.3 Å². The van der Waals surface area contributed by atoms with Crippen LogP contribution < -0.4 is 20.3 Å². The highest BCUT2D eigenvalue weighted by molar-refractivity contribution is 6.00. The Morgan fingerprint density at radius 3 is 2.71 bits per heavy atom. The first-order valence-corrected chi connectivity index (χ1v) is 6.64. The Morgan fingerprint density at radius 1 is 1.38 bits per heavy atom. The highest BCUT2D eigenvalue weighted by atomic mass is 16.5. The molecule has 1 aliphatic heterocycles. The Bertz CT molecular complexity index is 503. The number of benzene rings is 1. The van der Waals surface area contributed by atoms with Crippen LogP contribution in [0.15, 0.2) is 24.3 Å². The van der Waals surface area contributed by atoms with Crippen molar-refractivity contribution < 1.29 is 19.1 Å². The third kappa shape index (κ3) is 3.63. The van der Waals surface area contributed by atoms with Gasteiger partial charge in [-0.1, -0.05) is 0 Å². The van der Waals surface area contributed by atoms with Gasteiger partial charge in [0.25, 0.3) is 0 Å². The van der Waals surface area contributed by atoms with Gasteiger partial charge in [-0.3, -0.25) is 9.69 Å². The molecule has 114 valence electrons. The van der Waals surface area contributed by atoms with Crippen molar-refractivity contribution in [2.75, 3.05) is 38.8 Å². The SMILES string of the molecule is COCCNC(=O)C1CN(c2ccc(OC)cc2)C(=O)N1. The molecule has 2 N–H and O–H groups in total. The number of rotatable bonds is 6. The van der Waals surface area contributed by atoms with Gasteiger partial charge in [-0.25, -0.2) is 4.79 Å². The van der Waals surface area contributed by atoms with E-state index in [1.54, 1.807) is 38.5 Å². The Labute approximate surface area is 123 Å². The molecule has 1 fully saturated rings. The second-order valence-electron chi connectivity index (χ2n) is 4.59. The van der Waals surface area contributed by atoms with Crippen LogP contribution >= 0.6 is 0 Å². The minimum absolute atomic E-state index is 0.212. The quantitative estimate of drug-likeness (QED) is 0.742. The number of anilines is 1. The van der Waals surface area contributed by atoms with Crippen LogP contribution in [0.25, 0.3) is 0 Å². The summed E-state index contributed by atoms with van der Waals surface area (Å²) in [4.78, 5) is 25.4. The largest absolute Gasteiger partial charge is 0.497 e. The van der Waals surface area contributed by atoms with Crippen LogP contribution in [-0.2, 0) is 9.53 Å². The number of methoxy groups -OCH3 is 2. The predicted octanol–water partition coefficient (Wildman–Crippen LogP) is 0.356. The topological polar surface area (TPSA) is 79.9 Å². The Balaban J connectivity index is 1.96. The molecule has 0 bridgehead atoms. The minimum atomic E-state index is -0.559. The summed E-state index contributed by atoms with van der Waals surface area (Å²) >= 11 is 0. The molecule has 7 nitrogen and oxygen atoms in total. The summed E-state index contributed by atoms with van der Waals surface area (Å²) < 4.78 is 9.94. The molecule has 1 aromatic rings. The normalized spacial score (nSPS) is 17.5. The molecule has 1 atom stereocenters. The van der Waals surface area contributed by atoms with Gasteiger partial charge < -0.3 is 20.1 Å². The number of carbonyl (C=O) groups excluding carboxylic acids is 2. The number of ether oxygens (including phenoxy) is 2. The summed E-state index contributed by atoms with van der Waals surface area (Å²) in [5, 5.41) is 5.37. The van der Waals surface area contributed by atoms with Crippen LogP contribution in [0, 0.1) is 0 Å². The van der Waals surface area contributed by atoms with E-state index in [4.69, 9.17) is 9.47 Å². The Kier molecular flexibility index (Phi) is 4.99. The van der Waals surface area contributed by atoms with Gasteiger partial charge in [-0.15, -0.1) is 0 Å². The smallest absolute Gasteiger partial charge is 0.322 e. The Hall–Kier alpha value is -2.28. The van der Waals surface area contributed by atoms with Crippen molar-refractivity contribution in [2.45, 2.75) is 6.04 Å². The fraction of sp³-hybridized carbons (Fsp3) is 0.429. The lowest BCUT2D eigenvalue weighted by Gasteiger charge is -2.15. The summed E-state index contributed by atoms with van der Waals surface area (Å²) in [6.07, 6.45) is 0. The van der Waals surface area contributed by atoms with Gasteiger partial charge in [0.1, 0.15) is 11.8 Å². The molecule has 1 saturated heterocycles. The van der Waals surface area contributed by atoms with Crippen LogP contribution in [0.2, 0.25) is 0 Å². The first-order valence-electron chi connectivity index (χ1n) is 6.64. The van der Waals surface area contributed by atoms with Crippen molar-refractivity contribution in [1.29, 1.82) is 0 Å². The summed E-state index contributed by atoms with van der Waals surface area (Å²) in [6.45, 7) is 1.16. The van der Waals surface area contributed by atoms with Gasteiger partial charge in [-0.05, 0) is 24.3 Å². The van der Waals surface area contributed by atoms with Crippen molar-refractivity contribution in [3.63, 3.8) is 0 Å². The van der Waals surface area contributed by atoms with Crippen LogP contribution in [0.1, 0.15) is 0 Å². The van der Waals surface area contributed by atoms with Gasteiger partial charge in [0.2, 0.25) is 5.91 Å². The fourth-order valence-corrected chi connectivity index (χ4v) is 2.07. The molecule has 1 aliphatic rings. The summed E-state index contributed by atoms with van der Waals surface area (Å²) in [6, 6.07) is 6.26. The molecular weight excluding hydrogens is 274 g/mol. The lowest BCUT2D eigenvalue weighted by Crippen LogP contribution is -2.43. The lowest BCUT2D eigenvalue weighted by atomic mass is 10.2. The molecule has 1 unspecified atom stereocenters. The molecule has 7 heteroatoms. The number of amides is 3. The van der Waals surface area contributed by atoms with E-state index in [1.165, 1.54) is 4.90 Å². The van der Waals surface area contributed by atoms with Gasteiger partial charge >= 0.3 is 6.03 Å². The van der Waals surface area contributed by atoms with E-state index in [2.05, 4.69) is 10.6 Å². The van der Waals surface area contributed by atoms with E-state index in [9.17, 15) is 9.59 Å². The third-order valence-corrected chi connectivity index (χ3v) is 3.21. The highest BCUT2D eigenvalue weighted by Crippen LogP contribution is 2.21. The van der Waals surface area contributed by atoms with Crippen LogP contribution in [0.5, 0.6) is 5.75 Å². The van der Waals surface area contributed by atoms with Crippen molar-refractivity contribution in [3.05, 3.63) is 24.3 Å². The van der Waals surface area contributed by atoms with E-state index in [0.29, 0.717) is 25.4 Å². The maximum atomic E-state index is 12.0. The molecular formula is C14H19N3O4. The minimum Gasteiger partial charge on any atom is -0.497 e. The van der Waals surface area contributed by atoms with E-state index in [1.807, 2.05) is 0 Å². The third-order valence-electron chi connectivity index (χ3n) is 3.21. The van der Waals surface area contributed by atoms with Crippen LogP contribution in [0.4, 0.5) is 10.5 Å². The van der Waals surface area contributed by atoms with Gasteiger partial charge in [-0.2, -0.15) is 0 Å². The average molecular weight is 293 g/mol. The van der Waals surface area contributed by atoms with Crippen molar-refractivity contribution in [2.24, 2.45) is 0 Å². The average Bonchev–Trinajstić information content (AvgIpc) is 2.89. The number of hydrogen-bond acceptors (Lipinski definition) is 4. The maximum absolute atomic E-state index is 12.0. The highest BCUT2D eigenvalue weighted by Gasteiger charge is 2.34. The standard InChI is InChI=1S/C14H19N3O4/c1-20-8-7-15-13(18)12-9-17(14(19)16-12)10-3-5-11(21-2)6-4-10/h3-6,12H,7-9H2,1-2H3,(H,15,18)(H,16,19). The zero-order valence-electron chi connectivity index (χ0n) is 12.1. The van der Waals surface area contributed by atoms with E-state index in [0.717, 1.165) is 5.69 Å². The summed E-state index contributed by atoms with van der Waals surface area (Å²) in [7, 11) is 3.15. The molecule has 0 aliphatic carbocycles. The molecule has 0 radical (unpaired) electrons. The van der Waals surface area contributed by atoms with E-state index >= 15 is 0 Å². The molecule has 0 spiro atoms. The zero-order valence-corrected chi connectivity index (χ0v) is 12.1. The fourth-order valence-electron chi connectivity index (χ4n) is 2.07. The Morgan fingerprint density at radius 2 is 2.10 bits per heavy atom. The monoisotopic (exact) mass is 293 g/mol. The summed E-state index contributed by atoms with van der Waals surface area (Å²) in [5.41, 5.74) is 0.723. The predicted molar refractivity (Wildman–Crippen MR) is 77.5 cm³/mol. The molecule has 1 aromatic carbocycles. The number of urea groups is 1.